The van der Waals surface area contributed by atoms with Gasteiger partial charge in [0.1, 0.15) is 12.0 Å². The van der Waals surface area contributed by atoms with Crippen molar-refractivity contribution in [3.05, 3.63) is 59.2 Å². The van der Waals surface area contributed by atoms with E-state index >= 15 is 0 Å². The normalized spacial score (nSPS) is 11.1. The molecule has 138 valence electrons. The van der Waals surface area contributed by atoms with Gasteiger partial charge >= 0.3 is 0 Å². The Morgan fingerprint density at radius 3 is 2.85 bits per heavy atom. The number of aromatic nitrogens is 3. The molecule has 0 saturated heterocycles. The monoisotopic (exact) mass is 384 g/mol. The second-order valence-electron chi connectivity index (χ2n) is 5.93. The van der Waals surface area contributed by atoms with E-state index in [-0.39, 0.29) is 0 Å². The summed E-state index contributed by atoms with van der Waals surface area (Å²) in [4.78, 5) is 8.66. The molecule has 0 radical (unpaired) electrons. The highest BCUT2D eigenvalue weighted by atomic mass is 35.5. The van der Waals surface area contributed by atoms with E-state index in [1.807, 2.05) is 23.6 Å². The van der Waals surface area contributed by atoms with Gasteiger partial charge < -0.3 is 19.6 Å². The van der Waals surface area contributed by atoms with E-state index in [1.165, 1.54) is 0 Å². The second-order valence-corrected chi connectivity index (χ2v) is 6.34. The molecule has 4 rings (SSSR count). The standard InChI is InChI=1S/C19H17ClN4O3/c1-11-18(24-9-12(7-21)5-15(20)19(24)23-11)13-6-17(26-10-13)27-14-3-4-16(25-2)22-8-14/h3-6,8-10H,7,21H2,1-2H3. The average molecular weight is 385 g/mol. The van der Waals surface area contributed by atoms with Crippen LogP contribution in [-0.4, -0.2) is 21.5 Å². The first-order valence-corrected chi connectivity index (χ1v) is 8.61. The van der Waals surface area contributed by atoms with Gasteiger partial charge in [0.05, 0.1) is 29.7 Å². The molecule has 27 heavy (non-hydrogen) atoms. The first-order valence-electron chi connectivity index (χ1n) is 8.23. The molecule has 0 amide bonds. The molecule has 4 heterocycles. The lowest BCUT2D eigenvalue weighted by Gasteiger charge is -2.04. The number of ether oxygens (including phenoxy) is 2. The number of hydrogen-bond acceptors (Lipinski definition) is 6. The van der Waals surface area contributed by atoms with Crippen molar-refractivity contribution in [3.63, 3.8) is 0 Å². The third-order valence-corrected chi connectivity index (χ3v) is 4.41. The first-order chi connectivity index (χ1) is 13.1. The molecule has 0 spiro atoms. The molecular formula is C19H17ClN4O3. The van der Waals surface area contributed by atoms with Crippen LogP contribution >= 0.6 is 11.6 Å². The summed E-state index contributed by atoms with van der Waals surface area (Å²) in [6, 6.07) is 7.09. The average Bonchev–Trinajstić information content (AvgIpc) is 3.25. The minimum absolute atomic E-state index is 0.340. The van der Waals surface area contributed by atoms with Crippen molar-refractivity contribution in [2.75, 3.05) is 7.11 Å². The molecule has 7 nitrogen and oxygen atoms in total. The summed E-state index contributed by atoms with van der Waals surface area (Å²) in [6.07, 6.45) is 5.11. The number of fused-ring (bicyclic) bond motifs is 1. The maximum absolute atomic E-state index is 6.35. The fourth-order valence-electron chi connectivity index (χ4n) is 2.89. The maximum atomic E-state index is 6.35. The lowest BCUT2D eigenvalue weighted by Crippen LogP contribution is -1.99. The Morgan fingerprint density at radius 2 is 2.15 bits per heavy atom. The van der Waals surface area contributed by atoms with Gasteiger partial charge in [-0.1, -0.05) is 11.6 Å². The minimum Gasteiger partial charge on any atom is -0.481 e. The molecule has 0 bridgehead atoms. The number of pyridine rings is 2. The molecule has 0 aliphatic carbocycles. The topological polar surface area (TPSA) is 87.8 Å². The van der Waals surface area contributed by atoms with Crippen molar-refractivity contribution in [2.24, 2.45) is 5.73 Å². The number of imidazole rings is 1. The van der Waals surface area contributed by atoms with Crippen LogP contribution < -0.4 is 15.2 Å². The molecule has 4 aromatic heterocycles. The Bertz CT molecular complexity index is 1100. The zero-order valence-electron chi connectivity index (χ0n) is 14.8. The smallest absolute Gasteiger partial charge is 0.290 e. The van der Waals surface area contributed by atoms with E-state index < -0.39 is 0 Å². The zero-order chi connectivity index (χ0) is 19.0. The highest BCUT2D eigenvalue weighted by Gasteiger charge is 2.17. The summed E-state index contributed by atoms with van der Waals surface area (Å²) in [7, 11) is 1.56. The Labute approximate surface area is 160 Å². The largest absolute Gasteiger partial charge is 0.481 e. The molecule has 0 aromatic carbocycles. The van der Waals surface area contributed by atoms with E-state index in [2.05, 4.69) is 9.97 Å². The fraction of sp³-hybridized carbons (Fsp3) is 0.158. The van der Waals surface area contributed by atoms with Crippen LogP contribution in [0.3, 0.4) is 0 Å². The van der Waals surface area contributed by atoms with Crippen LogP contribution in [0.25, 0.3) is 16.9 Å². The van der Waals surface area contributed by atoms with Crippen LogP contribution in [0.2, 0.25) is 5.02 Å². The number of aryl methyl sites for hydroxylation is 1. The third kappa shape index (κ3) is 3.22. The number of methoxy groups -OCH3 is 1. The van der Waals surface area contributed by atoms with E-state index in [1.54, 1.807) is 37.8 Å². The molecule has 0 aliphatic rings. The van der Waals surface area contributed by atoms with Gasteiger partial charge in [0.25, 0.3) is 5.95 Å². The molecular weight excluding hydrogens is 368 g/mol. The number of nitrogens with two attached hydrogens (primary N) is 1. The predicted molar refractivity (Wildman–Crippen MR) is 101 cm³/mol. The number of rotatable bonds is 5. The quantitative estimate of drug-likeness (QED) is 0.554. The summed E-state index contributed by atoms with van der Waals surface area (Å²) < 4.78 is 18.2. The van der Waals surface area contributed by atoms with Gasteiger partial charge in [-0.25, -0.2) is 9.97 Å². The molecule has 0 aliphatic heterocycles. The Balaban J connectivity index is 1.70. The van der Waals surface area contributed by atoms with Crippen molar-refractivity contribution < 1.29 is 13.9 Å². The summed E-state index contributed by atoms with van der Waals surface area (Å²) in [5.41, 5.74) is 9.87. The van der Waals surface area contributed by atoms with Crippen LogP contribution in [0.1, 0.15) is 11.3 Å². The van der Waals surface area contributed by atoms with Crippen molar-refractivity contribution in [1.82, 2.24) is 14.4 Å². The van der Waals surface area contributed by atoms with Crippen LogP contribution in [0.5, 0.6) is 17.6 Å². The van der Waals surface area contributed by atoms with Gasteiger partial charge in [-0.15, -0.1) is 0 Å². The summed E-state index contributed by atoms with van der Waals surface area (Å²) in [5.74, 6) is 1.39. The fourth-order valence-corrected chi connectivity index (χ4v) is 3.16. The summed E-state index contributed by atoms with van der Waals surface area (Å²) >= 11 is 6.35. The lowest BCUT2D eigenvalue weighted by molar-refractivity contribution is 0.343. The van der Waals surface area contributed by atoms with Crippen molar-refractivity contribution >= 4 is 17.2 Å². The van der Waals surface area contributed by atoms with Gasteiger partial charge in [0.15, 0.2) is 5.65 Å². The van der Waals surface area contributed by atoms with E-state index in [4.69, 9.17) is 31.2 Å². The second kappa shape index (κ2) is 6.94. The molecule has 8 heteroatoms. The molecule has 4 aromatic rings. The Hall–Kier alpha value is -3.03. The summed E-state index contributed by atoms with van der Waals surface area (Å²) in [6.45, 7) is 2.30. The zero-order valence-corrected chi connectivity index (χ0v) is 15.5. The Kier molecular flexibility index (Phi) is 4.47. The van der Waals surface area contributed by atoms with Crippen LogP contribution in [0.15, 0.2) is 47.3 Å². The molecule has 0 atom stereocenters. The predicted octanol–water partition coefficient (Wildman–Crippen LogP) is 4.21. The number of hydrogen-bond donors (Lipinski definition) is 1. The van der Waals surface area contributed by atoms with E-state index in [0.717, 1.165) is 22.5 Å². The molecule has 0 unspecified atom stereocenters. The van der Waals surface area contributed by atoms with Gasteiger partial charge in [0.2, 0.25) is 5.88 Å². The van der Waals surface area contributed by atoms with E-state index in [0.29, 0.717) is 34.8 Å². The number of halogens is 1. The Morgan fingerprint density at radius 1 is 1.30 bits per heavy atom. The van der Waals surface area contributed by atoms with E-state index in [9.17, 15) is 0 Å². The molecule has 0 saturated carbocycles. The highest BCUT2D eigenvalue weighted by Crippen LogP contribution is 2.33. The summed E-state index contributed by atoms with van der Waals surface area (Å²) in [5, 5.41) is 0.552. The third-order valence-electron chi connectivity index (χ3n) is 4.13. The molecule has 0 fully saturated rings. The highest BCUT2D eigenvalue weighted by molar-refractivity contribution is 6.33. The van der Waals surface area contributed by atoms with Crippen molar-refractivity contribution in [1.29, 1.82) is 0 Å². The van der Waals surface area contributed by atoms with Crippen LogP contribution in [0, 0.1) is 6.92 Å². The van der Waals surface area contributed by atoms with Gasteiger partial charge in [-0.05, 0) is 24.6 Å². The van der Waals surface area contributed by atoms with Crippen molar-refractivity contribution in [3.8, 4) is 28.8 Å². The minimum atomic E-state index is 0.340. The maximum Gasteiger partial charge on any atom is 0.290 e. The number of nitrogens with zero attached hydrogens (tertiary/aromatic N) is 3. The lowest BCUT2D eigenvalue weighted by atomic mass is 10.2. The van der Waals surface area contributed by atoms with Crippen LogP contribution in [0.4, 0.5) is 0 Å². The SMILES string of the molecule is COc1ccc(Oc2cc(-c3c(C)nc4c(Cl)cc(CN)cn34)co2)cn1. The van der Waals surface area contributed by atoms with Gasteiger partial charge in [-0.2, -0.15) is 0 Å². The van der Waals surface area contributed by atoms with Gasteiger partial charge in [0, 0.05) is 30.4 Å². The first kappa shape index (κ1) is 17.4. The molecule has 2 N–H and O–H groups in total. The van der Waals surface area contributed by atoms with Crippen molar-refractivity contribution in [2.45, 2.75) is 13.5 Å². The van der Waals surface area contributed by atoms with Gasteiger partial charge in [-0.3, -0.25) is 4.40 Å². The number of furan rings is 1. The van der Waals surface area contributed by atoms with Crippen LogP contribution in [-0.2, 0) is 6.54 Å².